The first kappa shape index (κ1) is 34.6. The van der Waals surface area contributed by atoms with Gasteiger partial charge in [0.25, 0.3) is 0 Å². The number of piperidine rings is 1. The highest BCUT2D eigenvalue weighted by molar-refractivity contribution is 7.89. The first-order valence-electron chi connectivity index (χ1n) is 18.2. The Balaban J connectivity index is 1.03. The first-order valence-corrected chi connectivity index (χ1v) is 19.6. The summed E-state index contributed by atoms with van der Waals surface area (Å²) in [5.41, 5.74) is 0.152. The summed E-state index contributed by atoms with van der Waals surface area (Å²) in [6, 6.07) is 13.9. The van der Waals surface area contributed by atoms with Gasteiger partial charge in [-0.1, -0.05) is 18.6 Å². The minimum Gasteiger partial charge on any atom is -0.453 e. The van der Waals surface area contributed by atoms with Gasteiger partial charge in [-0.05, 0) is 125 Å². The van der Waals surface area contributed by atoms with Crippen LogP contribution in [0.4, 0.5) is 19.3 Å². The molecule has 9 nitrogen and oxygen atoms in total. The number of nitrogens with one attached hydrogen (secondary N) is 1. The molecule has 1 unspecified atom stereocenters. The molecule has 268 valence electrons. The number of ether oxygens (including phenoxy) is 1. The lowest BCUT2D eigenvalue weighted by atomic mass is 9.57. The minimum absolute atomic E-state index is 0.0560. The lowest BCUT2D eigenvalue weighted by molar-refractivity contribution is 0.00584. The highest BCUT2D eigenvalue weighted by Gasteiger charge is 2.54. The van der Waals surface area contributed by atoms with Crippen molar-refractivity contribution in [3.8, 4) is 0 Å². The third-order valence-electron chi connectivity index (χ3n) is 12.1. The zero-order valence-corrected chi connectivity index (χ0v) is 29.5. The summed E-state index contributed by atoms with van der Waals surface area (Å²) in [6.07, 6.45) is 7.08. The van der Waals surface area contributed by atoms with Crippen LogP contribution in [-0.4, -0.2) is 113 Å². The molecule has 49 heavy (non-hydrogen) atoms. The van der Waals surface area contributed by atoms with Crippen molar-refractivity contribution >= 4 is 21.8 Å². The Labute approximate surface area is 290 Å². The Bertz CT molecular complexity index is 1570. The summed E-state index contributed by atoms with van der Waals surface area (Å²) in [7, 11) is -2.08. The van der Waals surface area contributed by atoms with Gasteiger partial charge in [0.2, 0.25) is 10.0 Å². The highest BCUT2D eigenvalue weighted by Crippen LogP contribution is 2.51. The van der Waals surface area contributed by atoms with Crippen molar-refractivity contribution in [1.29, 1.82) is 0 Å². The molecule has 0 spiro atoms. The molecule has 0 aromatic heterocycles. The van der Waals surface area contributed by atoms with Crippen LogP contribution in [0.5, 0.6) is 0 Å². The molecule has 4 heterocycles. The molecule has 1 aliphatic carbocycles. The molecule has 2 aromatic carbocycles. The summed E-state index contributed by atoms with van der Waals surface area (Å²) in [4.78, 5) is 19.5. The number of anilines is 1. The van der Waals surface area contributed by atoms with Gasteiger partial charge < -0.3 is 19.9 Å². The maximum Gasteiger partial charge on any atom is 0.407 e. The SMILES string of the molecule is COC(=O)N[C@H]1CCC[C@@H]1C(CN1CCC1)(c1cccc(F)c1)C1CCN(CC2(F)CN(c3ccc(S(=O)(=O)N4CCCC4)cc3)C2)CC1. The third-order valence-corrected chi connectivity index (χ3v) is 14.1. The van der Waals surface area contributed by atoms with Gasteiger partial charge in [0.1, 0.15) is 5.82 Å². The number of carbonyl (C=O) groups excluding carboxylic acids is 1. The smallest absolute Gasteiger partial charge is 0.407 e. The minimum atomic E-state index is -3.48. The number of carbonyl (C=O) groups is 1. The Kier molecular flexibility index (Phi) is 9.95. The maximum absolute atomic E-state index is 16.1. The topological polar surface area (TPSA) is 85.4 Å². The maximum atomic E-state index is 16.1. The number of halogens is 2. The average Bonchev–Trinajstić information content (AvgIpc) is 3.78. The molecule has 1 N–H and O–H groups in total. The van der Waals surface area contributed by atoms with E-state index in [2.05, 4.69) is 21.2 Å². The van der Waals surface area contributed by atoms with E-state index < -0.39 is 21.8 Å². The molecule has 1 amide bonds. The molecule has 0 radical (unpaired) electrons. The summed E-state index contributed by atoms with van der Waals surface area (Å²) in [6.45, 7) is 6.43. The first-order chi connectivity index (χ1) is 23.6. The Morgan fingerprint density at radius 1 is 0.918 bits per heavy atom. The molecule has 1 saturated carbocycles. The third kappa shape index (κ3) is 6.95. The predicted octanol–water partition coefficient (Wildman–Crippen LogP) is 5.02. The number of likely N-dealkylation sites (tertiary alicyclic amines) is 2. The molecule has 7 rings (SSSR count). The number of nitrogens with zero attached hydrogens (tertiary/aromatic N) is 4. The van der Waals surface area contributed by atoms with E-state index in [4.69, 9.17) is 4.74 Å². The van der Waals surface area contributed by atoms with Crippen molar-refractivity contribution < 1.29 is 26.7 Å². The van der Waals surface area contributed by atoms with Crippen molar-refractivity contribution in [3.05, 3.63) is 59.9 Å². The van der Waals surface area contributed by atoms with Gasteiger partial charge in [-0.3, -0.25) is 4.90 Å². The molecule has 4 saturated heterocycles. The molecule has 0 bridgehead atoms. The molecule has 5 fully saturated rings. The van der Waals surface area contributed by atoms with E-state index >= 15 is 4.39 Å². The average molecular weight is 700 g/mol. The zero-order valence-electron chi connectivity index (χ0n) is 28.7. The normalized spacial score (nSPS) is 26.6. The predicted molar refractivity (Wildman–Crippen MR) is 185 cm³/mol. The second-order valence-electron chi connectivity index (χ2n) is 15.1. The second-order valence-corrected chi connectivity index (χ2v) is 17.1. The van der Waals surface area contributed by atoms with Crippen LogP contribution in [0, 0.1) is 17.7 Å². The summed E-state index contributed by atoms with van der Waals surface area (Å²) in [5.74, 6) is 0.144. The van der Waals surface area contributed by atoms with Gasteiger partial charge in [-0.25, -0.2) is 22.0 Å². The molecule has 4 aliphatic heterocycles. The van der Waals surface area contributed by atoms with Gasteiger partial charge in [0.15, 0.2) is 5.67 Å². The van der Waals surface area contributed by atoms with Gasteiger partial charge in [0.05, 0.1) is 25.1 Å². The lowest BCUT2D eigenvalue weighted by Crippen LogP contribution is -2.65. The fourth-order valence-electron chi connectivity index (χ4n) is 9.57. The Hall–Kier alpha value is -2.80. The summed E-state index contributed by atoms with van der Waals surface area (Å²) >= 11 is 0. The Morgan fingerprint density at radius 3 is 2.27 bits per heavy atom. The quantitative estimate of drug-likeness (QED) is 0.353. The van der Waals surface area contributed by atoms with Crippen molar-refractivity contribution in [3.63, 3.8) is 0 Å². The molecule has 5 aliphatic rings. The van der Waals surface area contributed by atoms with Gasteiger partial charge in [-0.15, -0.1) is 0 Å². The number of hydrogen-bond donors (Lipinski definition) is 1. The number of alkyl carbamates (subject to hydrolysis) is 1. The van der Waals surface area contributed by atoms with Crippen LogP contribution >= 0.6 is 0 Å². The molecule has 12 heteroatoms. The number of hydrogen-bond acceptors (Lipinski definition) is 7. The van der Waals surface area contributed by atoms with Crippen molar-refractivity contribution in [2.24, 2.45) is 11.8 Å². The van der Waals surface area contributed by atoms with E-state index in [1.807, 2.05) is 11.0 Å². The summed E-state index contributed by atoms with van der Waals surface area (Å²) < 4.78 is 63.5. The van der Waals surface area contributed by atoms with Crippen LogP contribution < -0.4 is 10.2 Å². The van der Waals surface area contributed by atoms with Gasteiger partial charge in [-0.2, -0.15) is 4.31 Å². The van der Waals surface area contributed by atoms with Crippen LogP contribution in [0.1, 0.15) is 56.9 Å². The molecule has 2 aromatic rings. The van der Waals surface area contributed by atoms with Crippen LogP contribution in [-0.2, 0) is 20.2 Å². The molecule has 3 atom stereocenters. The number of alkyl halides is 1. The van der Waals surface area contributed by atoms with E-state index in [1.54, 1.807) is 34.6 Å². The highest BCUT2D eigenvalue weighted by atomic mass is 32.2. The Morgan fingerprint density at radius 2 is 1.63 bits per heavy atom. The monoisotopic (exact) mass is 699 g/mol. The van der Waals surface area contributed by atoms with E-state index in [0.29, 0.717) is 24.5 Å². The number of amides is 1. The summed E-state index contributed by atoms with van der Waals surface area (Å²) in [5, 5.41) is 3.14. The molecular weight excluding hydrogens is 649 g/mol. The van der Waals surface area contributed by atoms with Crippen LogP contribution in [0.3, 0.4) is 0 Å². The van der Waals surface area contributed by atoms with E-state index in [1.165, 1.54) is 13.2 Å². The van der Waals surface area contributed by atoms with Gasteiger partial charge >= 0.3 is 6.09 Å². The number of benzene rings is 2. The number of rotatable bonds is 11. The van der Waals surface area contributed by atoms with Crippen LogP contribution in [0.25, 0.3) is 0 Å². The van der Waals surface area contributed by atoms with E-state index in [9.17, 15) is 17.6 Å². The fraction of sp³-hybridized carbons (Fsp3) is 0.649. The van der Waals surface area contributed by atoms with Crippen LogP contribution in [0.15, 0.2) is 53.4 Å². The van der Waals surface area contributed by atoms with Crippen molar-refractivity contribution in [1.82, 2.24) is 19.4 Å². The lowest BCUT2D eigenvalue weighted by Gasteiger charge is -2.54. The number of methoxy groups -OCH3 is 1. The second kappa shape index (κ2) is 14.1. The largest absolute Gasteiger partial charge is 0.453 e. The fourth-order valence-corrected chi connectivity index (χ4v) is 11.1. The van der Waals surface area contributed by atoms with Crippen LogP contribution in [0.2, 0.25) is 0 Å². The van der Waals surface area contributed by atoms with Gasteiger partial charge in [0, 0.05) is 43.3 Å². The van der Waals surface area contributed by atoms with Crippen molar-refractivity contribution in [2.75, 3.05) is 77.5 Å². The standard InChI is InChI=1S/C37H51F2N5O4S/c1-48-35(45)40-34-10-5-9-33(34)37(27-41-17-6-18-41,29-7-4-8-30(38)23-29)28-15-21-42(22-16-28)24-36(39)25-43(26-36)31-11-13-32(14-12-31)49(46,47)44-19-2-3-20-44/h4,7-8,11-14,23,28,33-34H,2-3,5-6,9-10,15-22,24-27H2,1H3,(H,40,45)/t33-,34-,37?/m0/s1. The van der Waals surface area contributed by atoms with Crippen molar-refractivity contribution in [2.45, 2.75) is 73.4 Å². The van der Waals surface area contributed by atoms with E-state index in [-0.39, 0.29) is 42.2 Å². The number of sulfonamides is 1. The zero-order chi connectivity index (χ0) is 34.2. The van der Waals surface area contributed by atoms with E-state index in [0.717, 1.165) is 95.3 Å². The molecular formula is C37H51F2N5O4S.